The summed E-state index contributed by atoms with van der Waals surface area (Å²) in [5.41, 5.74) is 7.48. The number of hydrogen-bond acceptors (Lipinski definition) is 8. The van der Waals surface area contributed by atoms with Gasteiger partial charge < -0.3 is 5.73 Å². The van der Waals surface area contributed by atoms with Gasteiger partial charge in [0.15, 0.2) is 11.5 Å². The Morgan fingerprint density at radius 3 is 2.60 bits per heavy atom. The molecule has 0 saturated carbocycles. The van der Waals surface area contributed by atoms with Crippen molar-refractivity contribution in [1.82, 2.24) is 15.3 Å². The summed E-state index contributed by atoms with van der Waals surface area (Å²) in [6, 6.07) is 6.14. The lowest BCUT2D eigenvalue weighted by molar-refractivity contribution is -0.384. The van der Waals surface area contributed by atoms with Crippen molar-refractivity contribution in [2.75, 3.05) is 5.73 Å². The number of nitro benzene ring substituents is 1. The third-order valence-corrected chi connectivity index (χ3v) is 3.44. The van der Waals surface area contributed by atoms with Gasteiger partial charge in [0, 0.05) is 23.1 Å². The van der Waals surface area contributed by atoms with Crippen molar-refractivity contribution in [3.8, 4) is 22.0 Å². The smallest absolute Gasteiger partial charge is 0.269 e. The highest BCUT2D eigenvalue weighted by Crippen LogP contribution is 2.30. The minimum Gasteiger partial charge on any atom is -0.379 e. The number of benzene rings is 1. The van der Waals surface area contributed by atoms with Gasteiger partial charge in [0.25, 0.3) is 5.69 Å². The lowest BCUT2D eigenvalue weighted by atomic mass is 10.1. The molecule has 3 aromatic rings. The van der Waals surface area contributed by atoms with Gasteiger partial charge in [-0.3, -0.25) is 10.1 Å². The summed E-state index contributed by atoms with van der Waals surface area (Å²) in [7, 11) is 0. The van der Waals surface area contributed by atoms with Crippen LogP contribution in [-0.4, -0.2) is 20.2 Å². The molecule has 2 N–H and O–H groups in total. The fraction of sp³-hybridized carbons (Fsp3) is 0. The van der Waals surface area contributed by atoms with E-state index in [4.69, 9.17) is 5.73 Å². The minimum absolute atomic E-state index is 0.0362. The van der Waals surface area contributed by atoms with E-state index in [0.717, 1.165) is 5.56 Å². The van der Waals surface area contributed by atoms with Gasteiger partial charge in [-0.25, -0.2) is 9.61 Å². The first-order valence-corrected chi connectivity index (χ1v) is 6.32. The van der Waals surface area contributed by atoms with E-state index in [1.807, 2.05) is 5.38 Å². The number of nitrogens with two attached hydrogens (primary N) is 1. The third kappa shape index (κ3) is 2.10. The Hall–Kier alpha value is -2.81. The molecule has 0 aliphatic carbocycles. The molecule has 8 nitrogen and oxygen atoms in total. The third-order valence-electron chi connectivity index (χ3n) is 2.59. The molecule has 0 amide bonds. The first-order chi connectivity index (χ1) is 9.65. The Balaban J connectivity index is 1.94. The van der Waals surface area contributed by atoms with Crippen LogP contribution in [-0.2, 0) is 0 Å². The maximum absolute atomic E-state index is 10.6. The second-order valence-corrected chi connectivity index (χ2v) is 4.70. The first-order valence-electron chi connectivity index (χ1n) is 5.44. The summed E-state index contributed by atoms with van der Waals surface area (Å²) in [4.78, 5) is 14.5. The molecule has 100 valence electrons. The zero-order valence-electron chi connectivity index (χ0n) is 9.89. The van der Waals surface area contributed by atoms with Crippen LogP contribution in [0.3, 0.4) is 0 Å². The van der Waals surface area contributed by atoms with Crippen LogP contribution in [0.4, 0.5) is 11.5 Å². The Kier molecular flexibility index (Phi) is 2.88. The summed E-state index contributed by atoms with van der Waals surface area (Å²) >= 11 is 1.34. The molecular weight excluding hydrogens is 282 g/mol. The summed E-state index contributed by atoms with van der Waals surface area (Å²) in [6.07, 6.45) is 0. The zero-order valence-corrected chi connectivity index (χ0v) is 10.7. The van der Waals surface area contributed by atoms with Crippen molar-refractivity contribution in [3.05, 3.63) is 39.8 Å². The average Bonchev–Trinajstić information content (AvgIpc) is 3.07. The number of nitro groups is 1. The highest BCUT2D eigenvalue weighted by atomic mass is 32.1. The van der Waals surface area contributed by atoms with E-state index >= 15 is 0 Å². The molecule has 2 heterocycles. The molecule has 0 bridgehead atoms. The van der Waals surface area contributed by atoms with Gasteiger partial charge in [-0.2, -0.15) is 0 Å². The van der Waals surface area contributed by atoms with Crippen LogP contribution in [0.1, 0.15) is 0 Å². The second kappa shape index (κ2) is 4.70. The van der Waals surface area contributed by atoms with Crippen molar-refractivity contribution in [1.29, 1.82) is 0 Å². The monoisotopic (exact) mass is 289 g/mol. The number of thiazole rings is 1. The number of nitrogen functional groups attached to an aromatic ring is 1. The molecule has 2 aromatic heterocycles. The van der Waals surface area contributed by atoms with Crippen LogP contribution >= 0.6 is 11.3 Å². The van der Waals surface area contributed by atoms with Crippen LogP contribution in [0.2, 0.25) is 0 Å². The van der Waals surface area contributed by atoms with Crippen LogP contribution in [0.25, 0.3) is 22.0 Å². The molecule has 9 heteroatoms. The molecule has 0 atom stereocenters. The van der Waals surface area contributed by atoms with Gasteiger partial charge in [-0.15, -0.1) is 11.3 Å². The Labute approximate surface area is 116 Å². The largest absolute Gasteiger partial charge is 0.379 e. The predicted molar refractivity (Wildman–Crippen MR) is 71.9 cm³/mol. The molecule has 3 rings (SSSR count). The fourth-order valence-corrected chi connectivity index (χ4v) is 2.43. The minimum atomic E-state index is -0.446. The molecule has 0 saturated heterocycles. The highest BCUT2D eigenvalue weighted by molar-refractivity contribution is 7.13. The first kappa shape index (κ1) is 12.2. The van der Waals surface area contributed by atoms with Crippen molar-refractivity contribution >= 4 is 22.8 Å². The van der Waals surface area contributed by atoms with Crippen molar-refractivity contribution in [3.63, 3.8) is 0 Å². The van der Waals surface area contributed by atoms with Crippen molar-refractivity contribution in [2.24, 2.45) is 0 Å². The predicted octanol–water partition coefficient (Wildman–Crippen LogP) is 2.35. The van der Waals surface area contributed by atoms with E-state index in [-0.39, 0.29) is 11.5 Å². The van der Waals surface area contributed by atoms with Crippen molar-refractivity contribution in [2.45, 2.75) is 0 Å². The van der Waals surface area contributed by atoms with Crippen LogP contribution in [0.15, 0.2) is 34.3 Å². The number of anilines is 1. The van der Waals surface area contributed by atoms with E-state index in [1.54, 1.807) is 12.1 Å². The Morgan fingerprint density at radius 1 is 1.25 bits per heavy atom. The molecule has 0 fully saturated rings. The molecule has 0 unspecified atom stereocenters. The summed E-state index contributed by atoms with van der Waals surface area (Å²) < 4.78 is 4.52. The standard InChI is InChI=1S/C11H7N5O3S/c12-10-9(14-19-15-10)11-13-8(5-20-11)6-1-3-7(4-2-6)16(17)18/h1-5H,(H2,12,15). The number of nitrogens with zero attached hydrogens (tertiary/aromatic N) is 4. The van der Waals surface area contributed by atoms with E-state index < -0.39 is 4.92 Å². The quantitative estimate of drug-likeness (QED) is 0.580. The molecule has 0 radical (unpaired) electrons. The van der Waals surface area contributed by atoms with Crippen LogP contribution in [0.5, 0.6) is 0 Å². The normalized spacial score (nSPS) is 10.6. The fourth-order valence-electron chi connectivity index (χ4n) is 1.61. The second-order valence-electron chi connectivity index (χ2n) is 3.84. The topological polar surface area (TPSA) is 121 Å². The van der Waals surface area contributed by atoms with E-state index in [2.05, 4.69) is 19.9 Å². The van der Waals surface area contributed by atoms with Gasteiger partial charge in [-0.05, 0) is 22.4 Å². The molecule has 0 spiro atoms. The molecule has 20 heavy (non-hydrogen) atoms. The van der Waals surface area contributed by atoms with Crippen LogP contribution < -0.4 is 5.73 Å². The van der Waals surface area contributed by atoms with Gasteiger partial charge >= 0.3 is 0 Å². The van der Waals surface area contributed by atoms with E-state index in [0.29, 0.717) is 16.4 Å². The van der Waals surface area contributed by atoms with Crippen molar-refractivity contribution < 1.29 is 9.55 Å². The molecule has 1 aromatic carbocycles. The van der Waals surface area contributed by atoms with Gasteiger partial charge in [0.05, 0.1) is 10.6 Å². The van der Waals surface area contributed by atoms with E-state index in [1.165, 1.54) is 23.5 Å². The van der Waals surface area contributed by atoms with Gasteiger partial charge in [0.1, 0.15) is 5.01 Å². The zero-order chi connectivity index (χ0) is 14.1. The summed E-state index contributed by atoms with van der Waals surface area (Å²) in [5, 5.41) is 20.2. The lowest BCUT2D eigenvalue weighted by Gasteiger charge is -1.95. The maximum Gasteiger partial charge on any atom is 0.269 e. The summed E-state index contributed by atoms with van der Waals surface area (Å²) in [6.45, 7) is 0. The lowest BCUT2D eigenvalue weighted by Crippen LogP contribution is -1.89. The van der Waals surface area contributed by atoms with E-state index in [9.17, 15) is 10.1 Å². The molecule has 0 aliphatic heterocycles. The maximum atomic E-state index is 10.6. The number of rotatable bonds is 3. The van der Waals surface area contributed by atoms with Gasteiger partial charge in [-0.1, -0.05) is 0 Å². The number of non-ortho nitro benzene ring substituents is 1. The highest BCUT2D eigenvalue weighted by Gasteiger charge is 2.14. The molecule has 0 aliphatic rings. The summed E-state index contributed by atoms with van der Waals surface area (Å²) in [5.74, 6) is 0.176. The molecular formula is C11H7N5O3S. The SMILES string of the molecule is Nc1nonc1-c1nc(-c2ccc([N+](=O)[O-])cc2)cs1. The van der Waals surface area contributed by atoms with Crippen LogP contribution in [0, 0.1) is 10.1 Å². The number of hydrogen-bond donors (Lipinski definition) is 1. The Bertz CT molecular complexity index is 764. The average molecular weight is 289 g/mol. The van der Waals surface area contributed by atoms with Gasteiger partial charge in [0.2, 0.25) is 0 Å². The number of aromatic nitrogens is 3. The Morgan fingerprint density at radius 2 is 2.00 bits per heavy atom.